The summed E-state index contributed by atoms with van der Waals surface area (Å²) in [4.78, 5) is 24.4. The maximum absolute atomic E-state index is 11.9. The van der Waals surface area contributed by atoms with E-state index >= 15 is 0 Å². The topological polar surface area (TPSA) is 100 Å². The molecule has 0 bridgehead atoms. The molecule has 2 fully saturated rings. The van der Waals surface area contributed by atoms with Gasteiger partial charge in [0.2, 0.25) is 0 Å². The fraction of sp³-hybridized carbons (Fsp3) is 0.692. The molecule has 2 amide bonds. The first-order chi connectivity index (χ1) is 10.1. The number of carbonyl (C=O) groups excluding carboxylic acids is 1. The van der Waals surface area contributed by atoms with Gasteiger partial charge in [0.1, 0.15) is 0 Å². The largest absolute Gasteiger partial charge is 0.476 e. The van der Waals surface area contributed by atoms with Crippen molar-refractivity contribution < 1.29 is 14.7 Å². The predicted molar refractivity (Wildman–Crippen MR) is 72.9 cm³/mol. The zero-order valence-corrected chi connectivity index (χ0v) is 11.7. The Hall–Kier alpha value is -2.12. The van der Waals surface area contributed by atoms with E-state index < -0.39 is 5.97 Å². The van der Waals surface area contributed by atoms with Gasteiger partial charge in [0, 0.05) is 19.6 Å². The van der Waals surface area contributed by atoms with E-state index in [1.807, 2.05) is 0 Å². The van der Waals surface area contributed by atoms with Crippen LogP contribution in [0.3, 0.4) is 0 Å². The number of hydrogen-bond donors (Lipinski definition) is 2. The third kappa shape index (κ3) is 2.98. The molecule has 3 rings (SSSR count). The summed E-state index contributed by atoms with van der Waals surface area (Å²) in [6.45, 7) is 1.84. The van der Waals surface area contributed by atoms with Crippen molar-refractivity contribution in [3.63, 3.8) is 0 Å². The molecule has 0 unspecified atom stereocenters. The summed E-state index contributed by atoms with van der Waals surface area (Å²) in [6, 6.07) is -0.0282. The Labute approximate surface area is 122 Å². The van der Waals surface area contributed by atoms with Crippen LogP contribution in [0.2, 0.25) is 0 Å². The normalized spacial score (nSPS) is 19.5. The SMILES string of the molecule is O=C(O)c1cn(C2CN(C(=O)NCC3CCCC3)C2)nn1. The Morgan fingerprint density at radius 1 is 1.33 bits per heavy atom. The summed E-state index contributed by atoms with van der Waals surface area (Å²) >= 11 is 0. The molecule has 8 heteroatoms. The quantitative estimate of drug-likeness (QED) is 0.852. The lowest BCUT2D eigenvalue weighted by Crippen LogP contribution is -2.54. The smallest absolute Gasteiger partial charge is 0.358 e. The maximum Gasteiger partial charge on any atom is 0.358 e. The van der Waals surface area contributed by atoms with Crippen molar-refractivity contribution in [2.75, 3.05) is 19.6 Å². The highest BCUT2D eigenvalue weighted by Gasteiger charge is 2.33. The number of urea groups is 1. The molecule has 1 aromatic rings. The number of aromatic carboxylic acids is 1. The molecule has 21 heavy (non-hydrogen) atoms. The van der Waals surface area contributed by atoms with Crippen molar-refractivity contribution in [2.45, 2.75) is 31.7 Å². The van der Waals surface area contributed by atoms with Crippen molar-refractivity contribution in [2.24, 2.45) is 5.92 Å². The first-order valence-corrected chi connectivity index (χ1v) is 7.31. The van der Waals surface area contributed by atoms with E-state index in [0.29, 0.717) is 19.0 Å². The maximum atomic E-state index is 11.9. The molecular weight excluding hydrogens is 274 g/mol. The standard InChI is InChI=1S/C13H19N5O3/c19-12(20)11-8-18(16-15-11)10-6-17(7-10)13(21)14-5-9-3-1-2-4-9/h8-10H,1-7H2,(H,14,21)(H,19,20). The minimum atomic E-state index is -1.09. The van der Waals surface area contributed by atoms with Gasteiger partial charge in [-0.2, -0.15) is 0 Å². The lowest BCUT2D eigenvalue weighted by Gasteiger charge is -2.38. The van der Waals surface area contributed by atoms with E-state index in [0.717, 1.165) is 6.54 Å². The number of amides is 2. The van der Waals surface area contributed by atoms with Crippen molar-refractivity contribution in [1.82, 2.24) is 25.2 Å². The highest BCUT2D eigenvalue weighted by molar-refractivity contribution is 5.84. The lowest BCUT2D eigenvalue weighted by molar-refractivity contribution is 0.0690. The second kappa shape index (κ2) is 5.71. The monoisotopic (exact) mass is 293 g/mol. The van der Waals surface area contributed by atoms with Gasteiger partial charge >= 0.3 is 12.0 Å². The van der Waals surface area contributed by atoms with Crippen LogP contribution >= 0.6 is 0 Å². The molecule has 2 heterocycles. The minimum Gasteiger partial charge on any atom is -0.476 e. The Balaban J connectivity index is 1.43. The van der Waals surface area contributed by atoms with E-state index in [-0.39, 0.29) is 17.8 Å². The molecule has 8 nitrogen and oxygen atoms in total. The molecule has 2 aliphatic rings. The summed E-state index contributed by atoms with van der Waals surface area (Å²) in [5.41, 5.74) is -0.0702. The van der Waals surface area contributed by atoms with Gasteiger partial charge < -0.3 is 15.3 Å². The van der Waals surface area contributed by atoms with Gasteiger partial charge in [-0.05, 0) is 18.8 Å². The molecule has 2 N–H and O–H groups in total. The summed E-state index contributed by atoms with van der Waals surface area (Å²) in [5.74, 6) is -0.466. The van der Waals surface area contributed by atoms with E-state index in [2.05, 4.69) is 15.6 Å². The van der Waals surface area contributed by atoms with E-state index in [4.69, 9.17) is 5.11 Å². The van der Waals surface area contributed by atoms with Crippen LogP contribution in [-0.4, -0.2) is 56.6 Å². The number of carboxylic acid groups (broad SMARTS) is 1. The van der Waals surface area contributed by atoms with Crippen LogP contribution in [0, 0.1) is 5.92 Å². The molecule has 1 saturated carbocycles. The first-order valence-electron chi connectivity index (χ1n) is 7.31. The highest BCUT2D eigenvalue weighted by Crippen LogP contribution is 2.24. The van der Waals surface area contributed by atoms with Crippen LogP contribution in [0.5, 0.6) is 0 Å². The Bertz CT molecular complexity index is 532. The molecule has 1 saturated heterocycles. The van der Waals surface area contributed by atoms with Crippen LogP contribution in [0.4, 0.5) is 4.79 Å². The van der Waals surface area contributed by atoms with Crippen LogP contribution in [0.25, 0.3) is 0 Å². The van der Waals surface area contributed by atoms with Gasteiger partial charge in [-0.3, -0.25) is 0 Å². The number of likely N-dealkylation sites (tertiary alicyclic amines) is 1. The number of carbonyl (C=O) groups is 2. The van der Waals surface area contributed by atoms with Gasteiger partial charge in [-0.15, -0.1) is 5.10 Å². The second-order valence-corrected chi connectivity index (χ2v) is 5.78. The molecule has 0 aromatic carbocycles. The van der Waals surface area contributed by atoms with Crippen LogP contribution in [0.1, 0.15) is 42.2 Å². The average molecular weight is 293 g/mol. The fourth-order valence-electron chi connectivity index (χ4n) is 2.90. The zero-order chi connectivity index (χ0) is 14.8. The summed E-state index contributed by atoms with van der Waals surface area (Å²) in [5, 5.41) is 19.1. The van der Waals surface area contributed by atoms with Gasteiger partial charge in [0.15, 0.2) is 5.69 Å². The predicted octanol–water partition coefficient (Wildman–Crippen LogP) is 0.733. The third-order valence-corrected chi connectivity index (χ3v) is 4.27. The molecule has 1 aliphatic carbocycles. The molecule has 1 aromatic heterocycles. The number of rotatable bonds is 4. The van der Waals surface area contributed by atoms with Gasteiger partial charge in [-0.1, -0.05) is 18.1 Å². The van der Waals surface area contributed by atoms with Crippen molar-refractivity contribution in [1.29, 1.82) is 0 Å². The van der Waals surface area contributed by atoms with E-state index in [9.17, 15) is 9.59 Å². The number of hydrogen-bond acceptors (Lipinski definition) is 4. The molecule has 0 spiro atoms. The fourth-order valence-corrected chi connectivity index (χ4v) is 2.90. The minimum absolute atomic E-state index is 0.0165. The number of nitrogens with one attached hydrogen (secondary N) is 1. The van der Waals surface area contributed by atoms with Crippen molar-refractivity contribution in [3.05, 3.63) is 11.9 Å². The number of carboxylic acids is 1. The van der Waals surface area contributed by atoms with E-state index in [1.54, 1.807) is 4.90 Å². The third-order valence-electron chi connectivity index (χ3n) is 4.27. The zero-order valence-electron chi connectivity index (χ0n) is 11.7. The molecule has 0 radical (unpaired) electrons. The van der Waals surface area contributed by atoms with Crippen molar-refractivity contribution in [3.8, 4) is 0 Å². The van der Waals surface area contributed by atoms with Gasteiger partial charge in [-0.25, -0.2) is 14.3 Å². The van der Waals surface area contributed by atoms with Gasteiger partial charge in [0.25, 0.3) is 0 Å². The molecule has 1 aliphatic heterocycles. The summed E-state index contributed by atoms with van der Waals surface area (Å²) in [7, 11) is 0. The lowest BCUT2D eigenvalue weighted by atomic mass is 10.1. The van der Waals surface area contributed by atoms with Crippen LogP contribution in [0.15, 0.2) is 6.20 Å². The van der Waals surface area contributed by atoms with Gasteiger partial charge in [0.05, 0.1) is 12.2 Å². The molecule has 0 atom stereocenters. The number of aromatic nitrogens is 3. The summed E-state index contributed by atoms with van der Waals surface area (Å²) < 4.78 is 1.52. The Morgan fingerprint density at radius 3 is 2.67 bits per heavy atom. The number of nitrogens with zero attached hydrogens (tertiary/aromatic N) is 4. The first kappa shape index (κ1) is 13.8. The second-order valence-electron chi connectivity index (χ2n) is 5.78. The summed E-state index contributed by atoms with van der Waals surface area (Å²) in [6.07, 6.45) is 6.36. The highest BCUT2D eigenvalue weighted by atomic mass is 16.4. The molecular formula is C13H19N5O3. The molecule has 114 valence electrons. The van der Waals surface area contributed by atoms with Crippen LogP contribution < -0.4 is 5.32 Å². The Kier molecular flexibility index (Phi) is 3.76. The van der Waals surface area contributed by atoms with Crippen LogP contribution in [-0.2, 0) is 0 Å². The van der Waals surface area contributed by atoms with E-state index in [1.165, 1.54) is 36.6 Å². The Morgan fingerprint density at radius 2 is 2.05 bits per heavy atom. The van der Waals surface area contributed by atoms with Crippen molar-refractivity contribution >= 4 is 12.0 Å². The average Bonchev–Trinajstić information content (AvgIpc) is 3.06.